The fraction of sp³-hybridized carbons (Fsp3) is 0.560. The van der Waals surface area contributed by atoms with Gasteiger partial charge in [0.05, 0.1) is 6.54 Å². The van der Waals surface area contributed by atoms with Crippen molar-refractivity contribution in [2.24, 2.45) is 17.6 Å². The smallest absolute Gasteiger partial charge is 0.326 e. The summed E-state index contributed by atoms with van der Waals surface area (Å²) in [5.41, 5.74) is 6.07. The van der Waals surface area contributed by atoms with E-state index in [0.717, 1.165) is 5.56 Å². The summed E-state index contributed by atoms with van der Waals surface area (Å²) in [4.78, 5) is 62.0. The van der Waals surface area contributed by atoms with Gasteiger partial charge in [0.2, 0.25) is 23.6 Å². The van der Waals surface area contributed by atoms with E-state index in [4.69, 9.17) is 5.73 Å². The van der Waals surface area contributed by atoms with Gasteiger partial charge in [0.15, 0.2) is 0 Å². The fourth-order valence-electron chi connectivity index (χ4n) is 3.46. The molecular formula is C25H39N5O6. The molecule has 36 heavy (non-hydrogen) atoms. The standard InChI is InChI=1S/C25H39N5O6/c1-14(2)11-19(25(35)36)29-23(33)18(12-17-9-7-6-8-10-17)28-22(32)16(5)27-24(34)21(15(3)4)30-20(31)13-26/h6-10,14-16,18-19,21H,11-13,26H2,1-5H3,(H,27,34)(H,28,32)(H,29,33)(H,30,31)(H,35,36)/t16-,18-,19-,21-/m0/s1. The third-order valence-corrected chi connectivity index (χ3v) is 5.44. The molecule has 0 heterocycles. The Morgan fingerprint density at radius 1 is 0.806 bits per heavy atom. The highest BCUT2D eigenvalue weighted by molar-refractivity contribution is 5.95. The van der Waals surface area contributed by atoms with Crippen LogP contribution in [0.25, 0.3) is 0 Å². The van der Waals surface area contributed by atoms with Crippen LogP contribution in [0.2, 0.25) is 0 Å². The highest BCUT2D eigenvalue weighted by atomic mass is 16.4. The number of aliphatic carboxylic acids is 1. The lowest BCUT2D eigenvalue weighted by atomic mass is 10.0. The van der Waals surface area contributed by atoms with Gasteiger partial charge in [-0.1, -0.05) is 58.0 Å². The third-order valence-electron chi connectivity index (χ3n) is 5.44. The Balaban J connectivity index is 2.99. The molecule has 11 heteroatoms. The summed E-state index contributed by atoms with van der Waals surface area (Å²) in [7, 11) is 0. The Morgan fingerprint density at radius 2 is 1.39 bits per heavy atom. The highest BCUT2D eigenvalue weighted by Crippen LogP contribution is 2.08. The van der Waals surface area contributed by atoms with Crippen LogP contribution in [-0.2, 0) is 30.4 Å². The lowest BCUT2D eigenvalue weighted by molar-refractivity contribution is -0.142. The van der Waals surface area contributed by atoms with Gasteiger partial charge in [-0.3, -0.25) is 19.2 Å². The Bertz CT molecular complexity index is 905. The minimum absolute atomic E-state index is 0.0254. The van der Waals surface area contributed by atoms with E-state index >= 15 is 0 Å². The maximum Gasteiger partial charge on any atom is 0.326 e. The van der Waals surface area contributed by atoms with Crippen LogP contribution in [-0.4, -0.2) is 65.4 Å². The van der Waals surface area contributed by atoms with E-state index in [9.17, 15) is 29.1 Å². The molecule has 4 atom stereocenters. The van der Waals surface area contributed by atoms with Crippen molar-refractivity contribution in [1.29, 1.82) is 0 Å². The normalized spacial score (nSPS) is 14.3. The SMILES string of the molecule is CC(C)C[C@H](NC(=O)[C@H](Cc1ccccc1)NC(=O)[C@H](C)NC(=O)[C@@H](NC(=O)CN)C(C)C)C(=O)O. The average Bonchev–Trinajstić information content (AvgIpc) is 2.81. The van der Waals surface area contributed by atoms with Crippen molar-refractivity contribution in [3.8, 4) is 0 Å². The molecule has 0 fully saturated rings. The first-order chi connectivity index (χ1) is 16.8. The molecule has 0 unspecified atom stereocenters. The van der Waals surface area contributed by atoms with Gasteiger partial charge in [-0.15, -0.1) is 0 Å². The first-order valence-corrected chi connectivity index (χ1v) is 12.0. The van der Waals surface area contributed by atoms with Gasteiger partial charge in [0.1, 0.15) is 24.2 Å². The van der Waals surface area contributed by atoms with Crippen LogP contribution in [0.15, 0.2) is 30.3 Å². The molecule has 0 aliphatic heterocycles. The molecule has 1 aromatic rings. The molecule has 0 spiro atoms. The molecule has 0 saturated carbocycles. The van der Waals surface area contributed by atoms with Crippen molar-refractivity contribution in [2.45, 2.75) is 71.6 Å². The van der Waals surface area contributed by atoms with E-state index in [1.54, 1.807) is 38.1 Å². The number of rotatable bonds is 14. The van der Waals surface area contributed by atoms with Crippen LogP contribution in [0.1, 0.15) is 46.6 Å². The minimum Gasteiger partial charge on any atom is -0.480 e. The fourth-order valence-corrected chi connectivity index (χ4v) is 3.46. The second-order valence-corrected chi connectivity index (χ2v) is 9.50. The summed E-state index contributed by atoms with van der Waals surface area (Å²) >= 11 is 0. The monoisotopic (exact) mass is 505 g/mol. The first kappa shape index (κ1) is 30.6. The second-order valence-electron chi connectivity index (χ2n) is 9.50. The second kappa shape index (κ2) is 14.8. The zero-order valence-corrected chi connectivity index (χ0v) is 21.5. The number of hydrogen-bond donors (Lipinski definition) is 6. The van der Waals surface area contributed by atoms with Gasteiger partial charge >= 0.3 is 5.97 Å². The topological polar surface area (TPSA) is 180 Å². The number of hydrogen-bond acceptors (Lipinski definition) is 6. The molecular weight excluding hydrogens is 466 g/mol. The molecule has 4 amide bonds. The van der Waals surface area contributed by atoms with Crippen LogP contribution in [0.3, 0.4) is 0 Å². The van der Waals surface area contributed by atoms with Crippen molar-refractivity contribution in [2.75, 3.05) is 6.54 Å². The lowest BCUT2D eigenvalue weighted by Crippen LogP contribution is -2.58. The van der Waals surface area contributed by atoms with E-state index in [0.29, 0.717) is 0 Å². The van der Waals surface area contributed by atoms with Crippen molar-refractivity contribution in [3.05, 3.63) is 35.9 Å². The quantitative estimate of drug-likeness (QED) is 0.205. The van der Waals surface area contributed by atoms with Gasteiger partial charge < -0.3 is 32.1 Å². The molecule has 0 saturated heterocycles. The highest BCUT2D eigenvalue weighted by Gasteiger charge is 2.30. The van der Waals surface area contributed by atoms with Gasteiger partial charge in [-0.05, 0) is 30.7 Å². The first-order valence-electron chi connectivity index (χ1n) is 12.0. The summed E-state index contributed by atoms with van der Waals surface area (Å²) < 4.78 is 0. The molecule has 200 valence electrons. The van der Waals surface area contributed by atoms with Gasteiger partial charge in [-0.2, -0.15) is 0 Å². The maximum absolute atomic E-state index is 13.0. The Labute approximate surface area is 212 Å². The number of nitrogens with one attached hydrogen (secondary N) is 4. The summed E-state index contributed by atoms with van der Waals surface area (Å²) in [5, 5.41) is 19.7. The summed E-state index contributed by atoms with van der Waals surface area (Å²) in [6, 6.07) is 4.84. The van der Waals surface area contributed by atoms with Gasteiger partial charge in [0.25, 0.3) is 0 Å². The zero-order valence-electron chi connectivity index (χ0n) is 21.5. The van der Waals surface area contributed by atoms with Crippen molar-refractivity contribution in [3.63, 3.8) is 0 Å². The molecule has 7 N–H and O–H groups in total. The van der Waals surface area contributed by atoms with Crippen LogP contribution >= 0.6 is 0 Å². The molecule has 0 aliphatic rings. The third kappa shape index (κ3) is 10.4. The van der Waals surface area contributed by atoms with Crippen LogP contribution < -0.4 is 27.0 Å². The number of benzene rings is 1. The number of nitrogens with two attached hydrogens (primary N) is 1. The predicted octanol–water partition coefficient (Wildman–Crippen LogP) is -0.0664. The van der Waals surface area contributed by atoms with Gasteiger partial charge in [0, 0.05) is 6.42 Å². The van der Waals surface area contributed by atoms with Crippen LogP contribution in [0.5, 0.6) is 0 Å². The lowest BCUT2D eigenvalue weighted by Gasteiger charge is -2.26. The molecule has 1 aromatic carbocycles. The number of carboxylic acid groups (broad SMARTS) is 1. The number of carbonyl (C=O) groups excluding carboxylic acids is 4. The molecule has 0 aliphatic carbocycles. The Hall–Kier alpha value is -3.47. The van der Waals surface area contributed by atoms with Crippen molar-refractivity contribution >= 4 is 29.6 Å². The van der Waals surface area contributed by atoms with E-state index in [1.165, 1.54) is 6.92 Å². The maximum atomic E-state index is 13.0. The van der Waals surface area contributed by atoms with E-state index in [1.807, 2.05) is 19.9 Å². The number of carboxylic acids is 1. The predicted molar refractivity (Wildman–Crippen MR) is 135 cm³/mol. The largest absolute Gasteiger partial charge is 0.480 e. The minimum atomic E-state index is -1.17. The molecule has 0 aromatic heterocycles. The summed E-state index contributed by atoms with van der Waals surface area (Å²) in [5.74, 6) is -3.76. The van der Waals surface area contributed by atoms with Gasteiger partial charge in [-0.25, -0.2) is 4.79 Å². The Morgan fingerprint density at radius 3 is 1.89 bits per heavy atom. The number of amides is 4. The molecule has 0 bridgehead atoms. The summed E-state index contributed by atoms with van der Waals surface area (Å²) in [6.45, 7) is 8.33. The Kier molecular flexibility index (Phi) is 12.6. The van der Waals surface area contributed by atoms with E-state index < -0.39 is 53.8 Å². The van der Waals surface area contributed by atoms with Crippen LogP contribution in [0.4, 0.5) is 0 Å². The average molecular weight is 506 g/mol. The summed E-state index contributed by atoms with van der Waals surface area (Å²) in [6.07, 6.45) is 0.346. The zero-order chi connectivity index (χ0) is 27.4. The van der Waals surface area contributed by atoms with Crippen molar-refractivity contribution < 1.29 is 29.1 Å². The van der Waals surface area contributed by atoms with Crippen molar-refractivity contribution in [1.82, 2.24) is 21.3 Å². The molecule has 1 rings (SSSR count). The number of carbonyl (C=O) groups is 5. The van der Waals surface area contributed by atoms with Crippen LogP contribution in [0, 0.1) is 11.8 Å². The molecule has 11 nitrogen and oxygen atoms in total. The van der Waals surface area contributed by atoms with E-state index in [-0.39, 0.29) is 31.2 Å². The van der Waals surface area contributed by atoms with E-state index in [2.05, 4.69) is 21.3 Å². The molecule has 0 radical (unpaired) electrons.